The van der Waals surface area contributed by atoms with Crippen molar-refractivity contribution in [1.29, 1.82) is 5.26 Å². The molecular formula is C18H23N3O2. The van der Waals surface area contributed by atoms with Gasteiger partial charge in [-0.2, -0.15) is 5.26 Å². The Morgan fingerprint density at radius 2 is 1.96 bits per heavy atom. The molecule has 1 aromatic heterocycles. The minimum atomic E-state index is 0. The molecule has 23 heavy (non-hydrogen) atoms. The van der Waals surface area contributed by atoms with Gasteiger partial charge in [0.2, 0.25) is 0 Å². The molecule has 1 saturated heterocycles. The molecule has 0 bridgehead atoms. The van der Waals surface area contributed by atoms with E-state index in [2.05, 4.69) is 16.0 Å². The molecule has 1 aromatic carbocycles. The molecule has 3 rings (SSSR count). The summed E-state index contributed by atoms with van der Waals surface area (Å²) in [6.07, 6.45) is 2.33. The molecule has 1 fully saturated rings. The number of nitrogens with one attached hydrogen (secondary N) is 1. The number of methoxy groups -OCH3 is 2. The van der Waals surface area contributed by atoms with Crippen LogP contribution in [-0.2, 0) is 0 Å². The summed E-state index contributed by atoms with van der Waals surface area (Å²) in [6, 6.07) is 8.04. The summed E-state index contributed by atoms with van der Waals surface area (Å²) < 4.78 is 10.8. The number of aromatic amines is 1. The van der Waals surface area contributed by atoms with Crippen LogP contribution in [0.25, 0.3) is 11.3 Å². The van der Waals surface area contributed by atoms with E-state index in [9.17, 15) is 5.26 Å². The highest BCUT2D eigenvalue weighted by Gasteiger charge is 2.23. The number of ether oxygens (including phenoxy) is 2. The lowest BCUT2D eigenvalue weighted by atomic mass is 10.0. The lowest BCUT2D eigenvalue weighted by Crippen LogP contribution is -2.18. The molecule has 0 radical (unpaired) electrons. The summed E-state index contributed by atoms with van der Waals surface area (Å²) in [5.74, 6) is 2.44. The molecule has 0 aliphatic carbocycles. The molecule has 2 heterocycles. The fourth-order valence-corrected chi connectivity index (χ4v) is 3.17. The predicted octanol–water partition coefficient (Wildman–Crippen LogP) is 3.73. The van der Waals surface area contributed by atoms with Gasteiger partial charge >= 0.3 is 0 Å². The van der Waals surface area contributed by atoms with E-state index >= 15 is 0 Å². The summed E-state index contributed by atoms with van der Waals surface area (Å²) in [5, 5.41) is 9.59. The standard InChI is InChI=1S/C18H21N3O2.H2/c1-12-15(11-19)18(21-8-4-5-9-21)20-17(12)14-10-13(22-2)6-7-16(14)23-3;/h6-7,10,20H,4-5,8-9H2,1-3H3;1H. The summed E-state index contributed by atoms with van der Waals surface area (Å²) in [7, 11) is 3.29. The van der Waals surface area contributed by atoms with Crippen LogP contribution in [-0.4, -0.2) is 32.3 Å². The van der Waals surface area contributed by atoms with Crippen molar-refractivity contribution >= 4 is 5.82 Å². The van der Waals surface area contributed by atoms with Crippen molar-refractivity contribution in [3.8, 4) is 28.8 Å². The van der Waals surface area contributed by atoms with E-state index < -0.39 is 0 Å². The first-order chi connectivity index (χ1) is 11.2. The van der Waals surface area contributed by atoms with E-state index in [1.54, 1.807) is 14.2 Å². The third-order valence-electron chi connectivity index (χ3n) is 4.44. The number of hydrogen-bond donors (Lipinski definition) is 1. The molecule has 1 aliphatic heterocycles. The van der Waals surface area contributed by atoms with Gasteiger partial charge in [0, 0.05) is 20.1 Å². The first kappa shape index (κ1) is 15.3. The lowest BCUT2D eigenvalue weighted by Gasteiger charge is -2.16. The Kier molecular flexibility index (Phi) is 4.16. The van der Waals surface area contributed by atoms with E-state index in [0.717, 1.165) is 47.2 Å². The maximum atomic E-state index is 9.59. The monoisotopic (exact) mass is 313 g/mol. The molecule has 1 aliphatic rings. The average Bonchev–Trinajstić information content (AvgIpc) is 3.21. The number of aromatic nitrogens is 1. The zero-order valence-electron chi connectivity index (χ0n) is 13.8. The molecule has 5 heteroatoms. The topological polar surface area (TPSA) is 61.3 Å². The van der Waals surface area contributed by atoms with E-state index in [1.165, 1.54) is 12.8 Å². The highest BCUT2D eigenvalue weighted by Crippen LogP contribution is 2.39. The van der Waals surface area contributed by atoms with Crippen LogP contribution < -0.4 is 14.4 Å². The number of H-pyrrole nitrogens is 1. The Morgan fingerprint density at radius 1 is 1.22 bits per heavy atom. The fourth-order valence-electron chi connectivity index (χ4n) is 3.17. The Hall–Kier alpha value is -2.61. The second kappa shape index (κ2) is 6.25. The molecule has 0 saturated carbocycles. The van der Waals surface area contributed by atoms with Crippen LogP contribution in [0.1, 0.15) is 25.4 Å². The van der Waals surface area contributed by atoms with Crippen molar-refractivity contribution in [2.24, 2.45) is 0 Å². The van der Waals surface area contributed by atoms with E-state index in [4.69, 9.17) is 9.47 Å². The van der Waals surface area contributed by atoms with Gasteiger partial charge in [-0.3, -0.25) is 0 Å². The zero-order chi connectivity index (χ0) is 16.4. The molecule has 0 unspecified atom stereocenters. The first-order valence-electron chi connectivity index (χ1n) is 7.79. The number of nitrogens with zero attached hydrogens (tertiary/aromatic N) is 2. The van der Waals surface area contributed by atoms with Gasteiger partial charge in [0.1, 0.15) is 23.4 Å². The fraction of sp³-hybridized carbons (Fsp3) is 0.389. The van der Waals surface area contributed by atoms with Crippen LogP contribution in [0.4, 0.5) is 5.82 Å². The molecule has 0 atom stereocenters. The molecule has 1 N–H and O–H groups in total. The first-order valence-corrected chi connectivity index (χ1v) is 7.79. The Bertz CT molecular complexity index is 758. The SMILES string of the molecule is COc1ccc(OC)c(-c2[nH]c(N3CCCC3)c(C#N)c2C)c1.[HH]. The quantitative estimate of drug-likeness (QED) is 0.934. The largest absolute Gasteiger partial charge is 0.497 e. The predicted molar refractivity (Wildman–Crippen MR) is 92.3 cm³/mol. The van der Waals surface area contributed by atoms with Gasteiger partial charge in [-0.05, 0) is 43.5 Å². The van der Waals surface area contributed by atoms with E-state index in [0.29, 0.717) is 5.56 Å². The van der Waals surface area contributed by atoms with Crippen LogP contribution in [0.2, 0.25) is 0 Å². The third kappa shape index (κ3) is 2.61. The van der Waals surface area contributed by atoms with Gasteiger partial charge in [0.25, 0.3) is 0 Å². The maximum Gasteiger partial charge on any atom is 0.128 e. The third-order valence-corrected chi connectivity index (χ3v) is 4.44. The minimum absolute atomic E-state index is 0. The summed E-state index contributed by atoms with van der Waals surface area (Å²) in [4.78, 5) is 5.70. The van der Waals surface area contributed by atoms with Crippen LogP contribution in [0.15, 0.2) is 18.2 Å². The van der Waals surface area contributed by atoms with Crippen molar-refractivity contribution in [1.82, 2.24) is 4.98 Å². The van der Waals surface area contributed by atoms with Crippen molar-refractivity contribution in [3.63, 3.8) is 0 Å². The molecule has 0 spiro atoms. The van der Waals surface area contributed by atoms with Crippen LogP contribution >= 0.6 is 0 Å². The number of nitriles is 1. The smallest absolute Gasteiger partial charge is 0.128 e. The summed E-state index contributed by atoms with van der Waals surface area (Å²) >= 11 is 0. The van der Waals surface area contributed by atoms with Crippen LogP contribution in [0, 0.1) is 18.3 Å². The number of anilines is 1. The Morgan fingerprint density at radius 3 is 2.57 bits per heavy atom. The van der Waals surface area contributed by atoms with Crippen LogP contribution in [0.5, 0.6) is 11.5 Å². The highest BCUT2D eigenvalue weighted by atomic mass is 16.5. The second-order valence-corrected chi connectivity index (χ2v) is 5.72. The van der Waals surface area contributed by atoms with Crippen molar-refractivity contribution in [2.45, 2.75) is 19.8 Å². The van der Waals surface area contributed by atoms with Gasteiger partial charge in [0.05, 0.1) is 25.5 Å². The van der Waals surface area contributed by atoms with Gasteiger partial charge in [-0.1, -0.05) is 0 Å². The van der Waals surface area contributed by atoms with Gasteiger partial charge in [0.15, 0.2) is 0 Å². The Balaban J connectivity index is 0.00000208. The normalized spacial score (nSPS) is 13.9. The van der Waals surface area contributed by atoms with Gasteiger partial charge in [-0.25, -0.2) is 0 Å². The summed E-state index contributed by atoms with van der Waals surface area (Å²) in [5.41, 5.74) is 3.48. The van der Waals surface area contributed by atoms with Gasteiger partial charge in [-0.15, -0.1) is 0 Å². The number of hydrogen-bond acceptors (Lipinski definition) is 4. The van der Waals surface area contributed by atoms with Crippen molar-refractivity contribution in [3.05, 3.63) is 29.3 Å². The summed E-state index contributed by atoms with van der Waals surface area (Å²) in [6.45, 7) is 3.95. The van der Waals surface area contributed by atoms with Crippen molar-refractivity contribution in [2.75, 3.05) is 32.2 Å². The maximum absolute atomic E-state index is 9.59. The second-order valence-electron chi connectivity index (χ2n) is 5.72. The highest BCUT2D eigenvalue weighted by molar-refractivity contribution is 5.78. The number of benzene rings is 1. The van der Waals surface area contributed by atoms with Crippen molar-refractivity contribution < 1.29 is 10.9 Å². The molecular weight excluding hydrogens is 290 g/mol. The lowest BCUT2D eigenvalue weighted by molar-refractivity contribution is 0.404. The Labute approximate surface area is 137 Å². The number of rotatable bonds is 4. The minimum Gasteiger partial charge on any atom is -0.497 e. The molecule has 0 amide bonds. The van der Waals surface area contributed by atoms with E-state index in [-0.39, 0.29) is 1.43 Å². The zero-order valence-corrected chi connectivity index (χ0v) is 13.8. The van der Waals surface area contributed by atoms with E-state index in [1.807, 2.05) is 25.1 Å². The molecule has 5 nitrogen and oxygen atoms in total. The average molecular weight is 313 g/mol. The van der Waals surface area contributed by atoms with Crippen LogP contribution in [0.3, 0.4) is 0 Å². The molecule has 2 aromatic rings. The molecule has 122 valence electrons. The van der Waals surface area contributed by atoms with Gasteiger partial charge < -0.3 is 19.4 Å².